The first-order valence-electron chi connectivity index (χ1n) is 4.32. The van der Waals surface area contributed by atoms with Gasteiger partial charge in [0.25, 0.3) is 5.82 Å². The van der Waals surface area contributed by atoms with Gasteiger partial charge in [0.1, 0.15) is 18.2 Å². The molecule has 0 aliphatic rings. The summed E-state index contributed by atoms with van der Waals surface area (Å²) in [6.07, 6.45) is 1.47. The van der Waals surface area contributed by atoms with Crippen LogP contribution >= 0.6 is 0 Å². The lowest BCUT2D eigenvalue weighted by molar-refractivity contribution is 0.624. The predicted molar refractivity (Wildman–Crippen MR) is 50.2 cm³/mol. The van der Waals surface area contributed by atoms with Crippen LogP contribution in [0.25, 0.3) is 0 Å². The third kappa shape index (κ3) is 2.17. The third-order valence-corrected chi connectivity index (χ3v) is 1.89. The minimum atomic E-state index is -0.268. The van der Waals surface area contributed by atoms with Crippen LogP contribution in [0, 0.1) is 17.1 Å². The Kier molecular flexibility index (Phi) is 2.42. The van der Waals surface area contributed by atoms with Crippen molar-refractivity contribution < 1.29 is 4.39 Å². The van der Waals surface area contributed by atoms with Gasteiger partial charge in [0, 0.05) is 0 Å². The zero-order valence-corrected chi connectivity index (χ0v) is 7.76. The van der Waals surface area contributed by atoms with E-state index in [1.807, 2.05) is 6.07 Å². The average molecular weight is 202 g/mol. The van der Waals surface area contributed by atoms with Gasteiger partial charge >= 0.3 is 0 Å². The van der Waals surface area contributed by atoms with Crippen molar-refractivity contribution in [3.05, 3.63) is 47.8 Å². The first kappa shape index (κ1) is 9.34. The van der Waals surface area contributed by atoms with Crippen molar-refractivity contribution in [3.63, 3.8) is 0 Å². The van der Waals surface area contributed by atoms with Crippen LogP contribution in [0.3, 0.4) is 0 Å². The molecule has 0 unspecified atom stereocenters. The summed E-state index contributed by atoms with van der Waals surface area (Å²) >= 11 is 0. The second-order valence-corrected chi connectivity index (χ2v) is 3.00. The smallest absolute Gasteiger partial charge is 0.247 e. The van der Waals surface area contributed by atoms with Gasteiger partial charge in [-0.15, -0.1) is 5.10 Å². The molecule has 1 aromatic carbocycles. The Morgan fingerprint density at radius 2 is 2.07 bits per heavy atom. The second-order valence-electron chi connectivity index (χ2n) is 3.00. The van der Waals surface area contributed by atoms with E-state index < -0.39 is 0 Å². The molecule has 4 nitrogen and oxygen atoms in total. The molecule has 0 aliphatic heterocycles. The molecule has 0 radical (unpaired) electrons. The van der Waals surface area contributed by atoms with Gasteiger partial charge < -0.3 is 0 Å². The molecule has 1 aromatic heterocycles. The highest BCUT2D eigenvalue weighted by molar-refractivity contribution is 5.16. The minimum Gasteiger partial charge on any atom is -0.247 e. The van der Waals surface area contributed by atoms with Crippen LogP contribution in [0.15, 0.2) is 30.6 Å². The Balaban J connectivity index is 2.15. The quantitative estimate of drug-likeness (QED) is 0.738. The highest BCUT2D eigenvalue weighted by Gasteiger charge is 2.00. The molecule has 0 spiro atoms. The number of hydrogen-bond acceptors (Lipinski definition) is 3. The van der Waals surface area contributed by atoms with E-state index in [1.165, 1.54) is 23.1 Å². The lowest BCUT2D eigenvalue weighted by Gasteiger charge is -1.99. The molecule has 0 saturated carbocycles. The number of hydrogen-bond donors (Lipinski definition) is 0. The number of aromatic nitrogens is 3. The van der Waals surface area contributed by atoms with Crippen molar-refractivity contribution in [2.45, 2.75) is 6.54 Å². The number of nitrogens with zero attached hydrogens (tertiary/aromatic N) is 4. The predicted octanol–water partition coefficient (Wildman–Crippen LogP) is 1.34. The molecular weight excluding hydrogens is 195 g/mol. The Labute approximate surface area is 85.6 Å². The second kappa shape index (κ2) is 3.88. The fraction of sp³-hybridized carbons (Fsp3) is 0.100. The van der Waals surface area contributed by atoms with E-state index in [0.717, 1.165) is 5.56 Å². The number of benzene rings is 1. The molecule has 0 amide bonds. The highest BCUT2D eigenvalue weighted by atomic mass is 19.1. The van der Waals surface area contributed by atoms with Crippen molar-refractivity contribution in [2.24, 2.45) is 0 Å². The maximum Gasteiger partial charge on any atom is 0.252 e. The van der Waals surface area contributed by atoms with Crippen LogP contribution in [0.1, 0.15) is 11.4 Å². The van der Waals surface area contributed by atoms with E-state index in [4.69, 9.17) is 5.26 Å². The van der Waals surface area contributed by atoms with Crippen molar-refractivity contribution in [1.82, 2.24) is 14.8 Å². The van der Waals surface area contributed by atoms with E-state index in [0.29, 0.717) is 6.54 Å². The summed E-state index contributed by atoms with van der Waals surface area (Å²) in [5.74, 6) is -0.132. The summed E-state index contributed by atoms with van der Waals surface area (Å²) in [5, 5.41) is 12.4. The molecule has 0 N–H and O–H groups in total. The maximum absolute atomic E-state index is 12.6. The largest absolute Gasteiger partial charge is 0.252 e. The van der Waals surface area contributed by atoms with Crippen LogP contribution < -0.4 is 0 Å². The molecule has 2 rings (SSSR count). The Hall–Kier alpha value is -2.22. The van der Waals surface area contributed by atoms with Crippen molar-refractivity contribution >= 4 is 0 Å². The van der Waals surface area contributed by atoms with Crippen LogP contribution in [0.2, 0.25) is 0 Å². The molecule has 0 saturated heterocycles. The molecule has 1 heterocycles. The van der Waals surface area contributed by atoms with Gasteiger partial charge in [-0.2, -0.15) is 5.26 Å². The lowest BCUT2D eigenvalue weighted by Crippen LogP contribution is -2.00. The highest BCUT2D eigenvalue weighted by Crippen LogP contribution is 2.04. The van der Waals surface area contributed by atoms with Gasteiger partial charge in [0.05, 0.1) is 6.54 Å². The van der Waals surface area contributed by atoms with Crippen LogP contribution in [0.4, 0.5) is 4.39 Å². The first-order chi connectivity index (χ1) is 7.28. The van der Waals surface area contributed by atoms with Gasteiger partial charge in [-0.05, 0) is 17.7 Å². The summed E-state index contributed by atoms with van der Waals surface area (Å²) in [4.78, 5) is 3.77. The van der Waals surface area contributed by atoms with Crippen molar-refractivity contribution in [3.8, 4) is 6.07 Å². The van der Waals surface area contributed by atoms with Crippen LogP contribution in [-0.2, 0) is 6.54 Å². The van der Waals surface area contributed by atoms with Crippen LogP contribution in [-0.4, -0.2) is 14.8 Å². The Morgan fingerprint density at radius 1 is 1.33 bits per heavy atom. The van der Waals surface area contributed by atoms with Gasteiger partial charge in [-0.3, -0.25) is 0 Å². The summed E-state index contributed by atoms with van der Waals surface area (Å²) in [6.45, 7) is 0.481. The fourth-order valence-electron chi connectivity index (χ4n) is 1.20. The van der Waals surface area contributed by atoms with E-state index in [9.17, 15) is 4.39 Å². The number of halogens is 1. The fourth-order valence-corrected chi connectivity index (χ4v) is 1.20. The van der Waals surface area contributed by atoms with Crippen molar-refractivity contribution in [1.29, 1.82) is 5.26 Å². The van der Waals surface area contributed by atoms with Gasteiger partial charge in [-0.1, -0.05) is 12.1 Å². The van der Waals surface area contributed by atoms with Gasteiger partial charge in [0.15, 0.2) is 0 Å². The number of nitriles is 1. The van der Waals surface area contributed by atoms with E-state index in [2.05, 4.69) is 10.1 Å². The molecule has 0 bridgehead atoms. The monoisotopic (exact) mass is 202 g/mol. The lowest BCUT2D eigenvalue weighted by atomic mass is 10.2. The molecule has 0 atom stereocenters. The standard InChI is InChI=1S/C10H7FN4/c11-9-3-1-8(2-4-9)6-15-7-13-10(5-12)14-15/h1-4,7H,6H2. The normalized spacial score (nSPS) is 9.87. The topological polar surface area (TPSA) is 54.5 Å². The maximum atomic E-state index is 12.6. The Morgan fingerprint density at radius 3 is 2.67 bits per heavy atom. The molecule has 0 aliphatic carbocycles. The molecule has 15 heavy (non-hydrogen) atoms. The number of rotatable bonds is 2. The summed E-state index contributed by atoms with van der Waals surface area (Å²) in [6, 6.07) is 7.95. The van der Waals surface area contributed by atoms with E-state index in [1.54, 1.807) is 12.1 Å². The molecule has 2 aromatic rings. The molecular formula is C10H7FN4. The van der Waals surface area contributed by atoms with Gasteiger partial charge in [0.2, 0.25) is 0 Å². The molecule has 0 fully saturated rings. The molecule has 74 valence electrons. The van der Waals surface area contributed by atoms with Crippen LogP contribution in [0.5, 0.6) is 0 Å². The zero-order valence-electron chi connectivity index (χ0n) is 7.76. The average Bonchev–Trinajstić information content (AvgIpc) is 2.69. The Bertz CT molecular complexity index is 495. The van der Waals surface area contributed by atoms with Crippen molar-refractivity contribution in [2.75, 3.05) is 0 Å². The summed E-state index contributed by atoms with van der Waals surface area (Å²) < 4.78 is 14.1. The first-order valence-corrected chi connectivity index (χ1v) is 4.32. The third-order valence-electron chi connectivity index (χ3n) is 1.89. The van der Waals surface area contributed by atoms with E-state index in [-0.39, 0.29) is 11.6 Å². The zero-order chi connectivity index (χ0) is 10.7. The van der Waals surface area contributed by atoms with Gasteiger partial charge in [-0.25, -0.2) is 14.1 Å². The summed E-state index contributed by atoms with van der Waals surface area (Å²) in [7, 11) is 0. The van der Waals surface area contributed by atoms with E-state index >= 15 is 0 Å². The molecule has 5 heteroatoms. The SMILES string of the molecule is N#Cc1ncn(Cc2ccc(F)cc2)n1. The minimum absolute atomic E-state index is 0.136. The summed E-state index contributed by atoms with van der Waals surface area (Å²) in [5.41, 5.74) is 0.908.